The lowest BCUT2D eigenvalue weighted by molar-refractivity contribution is 0.0139. The Morgan fingerprint density at radius 3 is 2.00 bits per heavy atom. The van der Waals surface area contributed by atoms with Crippen LogP contribution in [0.25, 0.3) is 0 Å². The Kier molecular flexibility index (Phi) is 3.92. The molecule has 0 aliphatic rings. The summed E-state index contributed by atoms with van der Waals surface area (Å²) in [5.41, 5.74) is 1.96. The Labute approximate surface area is 93.1 Å². The first-order chi connectivity index (χ1) is 6.95. The van der Waals surface area contributed by atoms with Gasteiger partial charge in [-0.3, -0.25) is 0 Å². The molecular weight excluding hydrogens is 184 g/mol. The predicted octanol–water partition coefficient (Wildman–Crippen LogP) is 3.20. The third-order valence-electron chi connectivity index (χ3n) is 3.24. The molecule has 1 unspecified atom stereocenters. The molecule has 1 nitrogen and oxygen atoms in total. The summed E-state index contributed by atoms with van der Waals surface area (Å²) in [4.78, 5) is 0. The van der Waals surface area contributed by atoms with Gasteiger partial charge < -0.3 is 5.11 Å². The van der Waals surface area contributed by atoms with Crippen LogP contribution in [0.5, 0.6) is 0 Å². The van der Waals surface area contributed by atoms with Crippen LogP contribution in [-0.2, 0) is 12.8 Å². The summed E-state index contributed by atoms with van der Waals surface area (Å²) in [5, 5.41) is 10.2. The lowest BCUT2D eigenvalue weighted by atomic mass is 9.86. The number of aliphatic hydroxyl groups is 1. The second-order valence-electron chi connectivity index (χ2n) is 4.86. The van der Waals surface area contributed by atoms with Crippen molar-refractivity contribution in [2.75, 3.05) is 0 Å². The smallest absolute Gasteiger partial charge is 0.0682 e. The van der Waals surface area contributed by atoms with E-state index in [0.717, 1.165) is 12.8 Å². The second kappa shape index (κ2) is 4.80. The molecule has 0 spiro atoms. The average molecular weight is 206 g/mol. The van der Waals surface area contributed by atoms with E-state index < -0.39 is 5.60 Å². The Balaban J connectivity index is 2.73. The largest absolute Gasteiger partial charge is 0.390 e. The van der Waals surface area contributed by atoms with Crippen molar-refractivity contribution in [3.63, 3.8) is 0 Å². The molecule has 0 aromatic heterocycles. The molecule has 0 fully saturated rings. The van der Waals surface area contributed by atoms with Gasteiger partial charge in [-0.25, -0.2) is 0 Å². The van der Waals surface area contributed by atoms with Gasteiger partial charge in [0.2, 0.25) is 0 Å². The fraction of sp³-hybridized carbons (Fsp3) is 0.571. The Morgan fingerprint density at radius 1 is 1.13 bits per heavy atom. The van der Waals surface area contributed by atoms with Crippen molar-refractivity contribution in [1.29, 1.82) is 0 Å². The first-order valence-corrected chi connectivity index (χ1v) is 5.76. The van der Waals surface area contributed by atoms with Gasteiger partial charge in [0.1, 0.15) is 0 Å². The molecule has 0 aliphatic carbocycles. The topological polar surface area (TPSA) is 20.2 Å². The van der Waals surface area contributed by atoms with Crippen molar-refractivity contribution in [2.45, 2.75) is 46.1 Å². The summed E-state index contributed by atoms with van der Waals surface area (Å²) in [6.07, 6.45) is 1.80. The quantitative estimate of drug-likeness (QED) is 0.802. The van der Waals surface area contributed by atoms with Crippen LogP contribution in [0.1, 0.15) is 38.8 Å². The van der Waals surface area contributed by atoms with Crippen LogP contribution in [-0.4, -0.2) is 10.7 Å². The van der Waals surface area contributed by atoms with Crippen molar-refractivity contribution < 1.29 is 5.11 Å². The lowest BCUT2D eigenvalue weighted by Crippen LogP contribution is -2.33. The van der Waals surface area contributed by atoms with Gasteiger partial charge in [0.25, 0.3) is 0 Å². The summed E-state index contributed by atoms with van der Waals surface area (Å²) in [6.45, 7) is 8.17. The molecule has 15 heavy (non-hydrogen) atoms. The first kappa shape index (κ1) is 12.3. The van der Waals surface area contributed by atoms with Gasteiger partial charge in [0, 0.05) is 6.42 Å². The van der Waals surface area contributed by atoms with Crippen LogP contribution in [0.3, 0.4) is 0 Å². The minimum atomic E-state index is -0.603. The zero-order valence-electron chi connectivity index (χ0n) is 10.2. The maximum absolute atomic E-state index is 10.2. The van der Waals surface area contributed by atoms with Crippen LogP contribution in [0.2, 0.25) is 0 Å². The molecule has 0 heterocycles. The van der Waals surface area contributed by atoms with Crippen LogP contribution in [0, 0.1) is 5.92 Å². The maximum Gasteiger partial charge on any atom is 0.0682 e. The Morgan fingerprint density at radius 2 is 1.60 bits per heavy atom. The molecule has 0 radical (unpaired) electrons. The Bertz CT molecular complexity index is 296. The van der Waals surface area contributed by atoms with Gasteiger partial charge in [-0.15, -0.1) is 0 Å². The summed E-state index contributed by atoms with van der Waals surface area (Å²) < 4.78 is 0. The van der Waals surface area contributed by atoms with Gasteiger partial charge in [-0.1, -0.05) is 45.0 Å². The zero-order chi connectivity index (χ0) is 11.5. The summed E-state index contributed by atoms with van der Waals surface area (Å²) >= 11 is 0. The number of rotatable bonds is 4. The molecule has 0 saturated carbocycles. The molecule has 1 aromatic carbocycles. The fourth-order valence-corrected chi connectivity index (χ4v) is 1.51. The molecule has 0 amide bonds. The SMILES string of the molecule is CCc1ccc(CC(C)(O)C(C)C)cc1. The summed E-state index contributed by atoms with van der Waals surface area (Å²) in [6, 6.07) is 8.53. The van der Waals surface area contributed by atoms with E-state index in [4.69, 9.17) is 0 Å². The fourth-order valence-electron chi connectivity index (χ4n) is 1.51. The highest BCUT2D eigenvalue weighted by atomic mass is 16.3. The molecule has 0 aliphatic heterocycles. The van der Waals surface area contributed by atoms with E-state index >= 15 is 0 Å². The average Bonchev–Trinajstić information content (AvgIpc) is 2.18. The van der Waals surface area contributed by atoms with Crippen molar-refractivity contribution in [3.05, 3.63) is 35.4 Å². The number of hydrogen-bond acceptors (Lipinski definition) is 1. The Hall–Kier alpha value is -0.820. The normalized spacial score (nSPS) is 15.3. The number of aryl methyl sites for hydroxylation is 1. The van der Waals surface area contributed by atoms with E-state index in [-0.39, 0.29) is 5.92 Å². The third-order valence-corrected chi connectivity index (χ3v) is 3.24. The van der Waals surface area contributed by atoms with Crippen LogP contribution >= 0.6 is 0 Å². The predicted molar refractivity (Wildman–Crippen MR) is 65.0 cm³/mol. The molecule has 1 heteroatoms. The highest BCUT2D eigenvalue weighted by Gasteiger charge is 2.24. The summed E-state index contributed by atoms with van der Waals surface area (Å²) in [7, 11) is 0. The highest BCUT2D eigenvalue weighted by molar-refractivity contribution is 5.23. The van der Waals surface area contributed by atoms with E-state index in [0.29, 0.717) is 0 Å². The van der Waals surface area contributed by atoms with Gasteiger partial charge in [0.05, 0.1) is 5.60 Å². The first-order valence-electron chi connectivity index (χ1n) is 5.76. The second-order valence-corrected chi connectivity index (χ2v) is 4.86. The molecule has 0 bridgehead atoms. The molecule has 0 saturated heterocycles. The van der Waals surface area contributed by atoms with E-state index in [1.54, 1.807) is 0 Å². The molecule has 84 valence electrons. The van der Waals surface area contributed by atoms with Gasteiger partial charge in [-0.2, -0.15) is 0 Å². The standard InChI is InChI=1S/C14H22O/c1-5-12-6-8-13(9-7-12)10-14(4,15)11(2)3/h6-9,11,15H,5,10H2,1-4H3. The van der Waals surface area contributed by atoms with Crippen molar-refractivity contribution in [1.82, 2.24) is 0 Å². The van der Waals surface area contributed by atoms with Crippen LogP contribution in [0.15, 0.2) is 24.3 Å². The van der Waals surface area contributed by atoms with Crippen LogP contribution in [0.4, 0.5) is 0 Å². The van der Waals surface area contributed by atoms with E-state index in [9.17, 15) is 5.11 Å². The lowest BCUT2D eigenvalue weighted by Gasteiger charge is -2.27. The van der Waals surface area contributed by atoms with Gasteiger partial charge in [-0.05, 0) is 30.4 Å². The molecule has 1 aromatic rings. The van der Waals surface area contributed by atoms with Gasteiger partial charge >= 0.3 is 0 Å². The molecule has 1 N–H and O–H groups in total. The van der Waals surface area contributed by atoms with Crippen molar-refractivity contribution in [2.24, 2.45) is 5.92 Å². The third kappa shape index (κ3) is 3.35. The molecular formula is C14H22O. The van der Waals surface area contributed by atoms with Crippen molar-refractivity contribution >= 4 is 0 Å². The van der Waals surface area contributed by atoms with Crippen LogP contribution < -0.4 is 0 Å². The van der Waals surface area contributed by atoms with E-state index in [1.807, 2.05) is 6.92 Å². The zero-order valence-corrected chi connectivity index (χ0v) is 10.2. The van der Waals surface area contributed by atoms with Gasteiger partial charge in [0.15, 0.2) is 0 Å². The van der Waals surface area contributed by atoms with E-state index in [2.05, 4.69) is 45.0 Å². The summed E-state index contributed by atoms with van der Waals surface area (Å²) in [5.74, 6) is 0.281. The molecule has 1 rings (SSSR count). The maximum atomic E-state index is 10.2. The number of benzene rings is 1. The van der Waals surface area contributed by atoms with E-state index in [1.165, 1.54) is 11.1 Å². The highest BCUT2D eigenvalue weighted by Crippen LogP contribution is 2.21. The number of hydrogen-bond donors (Lipinski definition) is 1. The minimum Gasteiger partial charge on any atom is -0.390 e. The minimum absolute atomic E-state index is 0.281. The molecule has 1 atom stereocenters. The monoisotopic (exact) mass is 206 g/mol. The van der Waals surface area contributed by atoms with Crippen molar-refractivity contribution in [3.8, 4) is 0 Å².